The van der Waals surface area contributed by atoms with Crippen molar-refractivity contribution in [3.8, 4) is 33.8 Å². The van der Waals surface area contributed by atoms with Crippen molar-refractivity contribution in [3.63, 3.8) is 0 Å². The van der Waals surface area contributed by atoms with Gasteiger partial charge in [-0.2, -0.15) is 8.78 Å². The molecule has 0 N–H and O–H groups in total. The SMILES string of the molecule is CCCCCCCC1CCC(c2ccc(-c3ccc(-c4cc(F)c(C(F)(F)Oc5ccc(OC(F)(F)F)c(F)c5)c(F)c4)c(F)c3)c(F)c2)CC1. The third-order valence-electron chi connectivity index (χ3n) is 9.33. The summed E-state index contributed by atoms with van der Waals surface area (Å²) in [5.74, 6) is -8.46. The summed E-state index contributed by atoms with van der Waals surface area (Å²) >= 11 is 0. The summed E-state index contributed by atoms with van der Waals surface area (Å²) in [6.07, 6.45) is 1.57. The lowest BCUT2D eigenvalue weighted by atomic mass is 9.77. The van der Waals surface area contributed by atoms with Crippen LogP contribution in [0.4, 0.5) is 43.9 Å². The summed E-state index contributed by atoms with van der Waals surface area (Å²) in [6, 6.07) is 10.1. The van der Waals surface area contributed by atoms with Gasteiger partial charge in [-0.1, -0.05) is 69.7 Å². The molecule has 0 saturated heterocycles. The quantitative estimate of drug-likeness (QED) is 0.101. The van der Waals surface area contributed by atoms with Gasteiger partial charge in [0.15, 0.2) is 11.6 Å². The number of unbranched alkanes of at least 4 members (excludes halogenated alkanes) is 4. The minimum atomic E-state index is -5.27. The van der Waals surface area contributed by atoms with Gasteiger partial charge in [-0.3, -0.25) is 0 Å². The van der Waals surface area contributed by atoms with Gasteiger partial charge in [0.05, 0.1) is 0 Å². The molecule has 0 unspecified atom stereocenters. The molecule has 2 nitrogen and oxygen atoms in total. The van der Waals surface area contributed by atoms with Gasteiger partial charge in [0.2, 0.25) is 0 Å². The summed E-state index contributed by atoms with van der Waals surface area (Å²) in [4.78, 5) is 0. The minimum Gasteiger partial charge on any atom is -0.429 e. The van der Waals surface area contributed by atoms with E-state index in [9.17, 15) is 35.1 Å². The molecule has 0 radical (unpaired) electrons. The summed E-state index contributed by atoms with van der Waals surface area (Å²) in [6.45, 7) is 2.20. The van der Waals surface area contributed by atoms with Gasteiger partial charge in [-0.15, -0.1) is 13.2 Å². The monoisotopic (exact) mass is 726 g/mol. The highest BCUT2D eigenvalue weighted by molar-refractivity contribution is 5.72. The molecule has 4 aromatic carbocycles. The highest BCUT2D eigenvalue weighted by atomic mass is 19.4. The first-order valence-corrected chi connectivity index (χ1v) is 16.9. The Morgan fingerprint density at radius 1 is 0.588 bits per heavy atom. The van der Waals surface area contributed by atoms with Gasteiger partial charge in [-0.05, 0) is 90.6 Å². The third-order valence-corrected chi connectivity index (χ3v) is 9.33. The van der Waals surface area contributed by atoms with Gasteiger partial charge in [0, 0.05) is 17.2 Å². The Kier molecular flexibility index (Phi) is 11.9. The number of halogens is 10. The topological polar surface area (TPSA) is 18.5 Å². The van der Waals surface area contributed by atoms with Crippen LogP contribution >= 0.6 is 0 Å². The highest BCUT2D eigenvalue weighted by Gasteiger charge is 2.42. The molecule has 274 valence electrons. The predicted octanol–water partition coefficient (Wildman–Crippen LogP) is 13.4. The molecule has 51 heavy (non-hydrogen) atoms. The van der Waals surface area contributed by atoms with Gasteiger partial charge >= 0.3 is 12.5 Å². The Hall–Kier alpha value is -4.22. The lowest BCUT2D eigenvalue weighted by molar-refractivity contribution is -0.275. The number of benzene rings is 4. The zero-order chi connectivity index (χ0) is 36.9. The van der Waals surface area contributed by atoms with Crippen LogP contribution < -0.4 is 9.47 Å². The molecule has 0 heterocycles. The van der Waals surface area contributed by atoms with Crippen molar-refractivity contribution in [2.75, 3.05) is 0 Å². The number of ether oxygens (including phenoxy) is 2. The summed E-state index contributed by atoms with van der Waals surface area (Å²) in [5.41, 5.74) is -1.58. The van der Waals surface area contributed by atoms with Crippen LogP contribution in [0.15, 0.2) is 66.7 Å². The van der Waals surface area contributed by atoms with E-state index in [-0.39, 0.29) is 28.7 Å². The Balaban J connectivity index is 1.27. The van der Waals surface area contributed by atoms with E-state index in [0.717, 1.165) is 43.4 Å². The van der Waals surface area contributed by atoms with Crippen LogP contribution in [0.3, 0.4) is 0 Å². The van der Waals surface area contributed by atoms with Crippen LogP contribution in [-0.2, 0) is 6.11 Å². The molecule has 0 aliphatic heterocycles. The molecule has 0 atom stereocenters. The molecular weight excluding hydrogens is 690 g/mol. The third kappa shape index (κ3) is 9.56. The molecule has 0 bridgehead atoms. The first-order chi connectivity index (χ1) is 24.1. The van der Waals surface area contributed by atoms with E-state index in [2.05, 4.69) is 16.4 Å². The second kappa shape index (κ2) is 16.0. The number of rotatable bonds is 13. The lowest BCUT2D eigenvalue weighted by Crippen LogP contribution is -2.25. The van der Waals surface area contributed by atoms with Crippen molar-refractivity contribution in [1.82, 2.24) is 0 Å². The second-order valence-electron chi connectivity index (χ2n) is 12.9. The Bertz CT molecular complexity index is 1790. The van der Waals surface area contributed by atoms with Gasteiger partial charge < -0.3 is 9.47 Å². The largest absolute Gasteiger partial charge is 0.573 e. The Morgan fingerprint density at radius 2 is 1.20 bits per heavy atom. The lowest BCUT2D eigenvalue weighted by Gasteiger charge is -2.29. The van der Waals surface area contributed by atoms with Crippen LogP contribution in [-0.4, -0.2) is 6.36 Å². The first-order valence-electron chi connectivity index (χ1n) is 16.9. The fourth-order valence-electron chi connectivity index (χ4n) is 6.72. The second-order valence-corrected chi connectivity index (χ2v) is 12.9. The molecule has 0 aromatic heterocycles. The fourth-order valence-corrected chi connectivity index (χ4v) is 6.72. The zero-order valence-electron chi connectivity index (χ0n) is 27.7. The standard InChI is InChI=1S/C39H36F10O2/c1-2-3-4-5-6-7-23-8-10-24(11-9-23)25-12-15-29(31(40)18-25)26-13-16-30(32(41)19-26)27-20-34(43)37(35(44)21-27)38(45,46)50-28-14-17-36(33(42)22-28)51-39(47,48)49/h12-24H,2-11H2,1H3. The maximum atomic E-state index is 15.3. The first kappa shape index (κ1) is 38.0. The number of hydrogen-bond donors (Lipinski definition) is 0. The Morgan fingerprint density at radius 3 is 1.80 bits per heavy atom. The molecular formula is C39H36F10O2. The molecule has 4 aromatic rings. The van der Waals surface area contributed by atoms with Gasteiger partial charge in [0.1, 0.15) is 34.6 Å². The molecule has 0 spiro atoms. The van der Waals surface area contributed by atoms with E-state index in [1.165, 1.54) is 50.7 Å². The average Bonchev–Trinajstić information content (AvgIpc) is 3.05. The maximum Gasteiger partial charge on any atom is 0.573 e. The molecule has 1 aliphatic rings. The number of alkyl halides is 5. The molecule has 1 fully saturated rings. The van der Waals surface area contributed by atoms with Crippen LogP contribution in [0, 0.1) is 35.0 Å². The molecule has 1 aliphatic carbocycles. The summed E-state index contributed by atoms with van der Waals surface area (Å²) < 4.78 is 149. The normalized spacial score (nSPS) is 16.7. The fraction of sp³-hybridized carbons (Fsp3) is 0.385. The van der Waals surface area contributed by atoms with Crippen molar-refractivity contribution in [1.29, 1.82) is 0 Å². The summed E-state index contributed by atoms with van der Waals surface area (Å²) in [5, 5.41) is 0. The van der Waals surface area contributed by atoms with Crippen molar-refractivity contribution in [2.24, 2.45) is 5.92 Å². The van der Waals surface area contributed by atoms with E-state index in [1.807, 2.05) is 6.07 Å². The van der Waals surface area contributed by atoms with Gasteiger partial charge in [0.25, 0.3) is 0 Å². The van der Waals surface area contributed by atoms with Crippen molar-refractivity contribution < 1.29 is 53.4 Å². The molecule has 5 rings (SSSR count). The van der Waals surface area contributed by atoms with E-state index >= 15 is 8.78 Å². The van der Waals surface area contributed by atoms with Crippen molar-refractivity contribution in [3.05, 3.63) is 107 Å². The minimum absolute atomic E-state index is 0.115. The van der Waals surface area contributed by atoms with Crippen LogP contribution in [0.2, 0.25) is 0 Å². The summed E-state index contributed by atoms with van der Waals surface area (Å²) in [7, 11) is 0. The van der Waals surface area contributed by atoms with E-state index < -0.39 is 64.2 Å². The smallest absolute Gasteiger partial charge is 0.429 e. The van der Waals surface area contributed by atoms with E-state index in [1.54, 1.807) is 6.07 Å². The van der Waals surface area contributed by atoms with Crippen molar-refractivity contribution >= 4 is 0 Å². The molecule has 12 heteroatoms. The van der Waals surface area contributed by atoms with Crippen LogP contribution in [0.1, 0.15) is 88.2 Å². The zero-order valence-corrected chi connectivity index (χ0v) is 27.7. The maximum absolute atomic E-state index is 15.3. The van der Waals surface area contributed by atoms with E-state index in [0.29, 0.717) is 30.2 Å². The highest BCUT2D eigenvalue weighted by Crippen LogP contribution is 2.41. The predicted molar refractivity (Wildman–Crippen MR) is 173 cm³/mol. The molecule has 1 saturated carbocycles. The van der Waals surface area contributed by atoms with Crippen LogP contribution in [0.5, 0.6) is 11.5 Å². The number of hydrogen-bond acceptors (Lipinski definition) is 2. The van der Waals surface area contributed by atoms with Gasteiger partial charge in [-0.25, -0.2) is 22.0 Å². The molecule has 0 amide bonds. The average molecular weight is 727 g/mol. The van der Waals surface area contributed by atoms with Crippen LogP contribution in [0.25, 0.3) is 22.3 Å². The Labute approximate surface area is 289 Å². The van der Waals surface area contributed by atoms with E-state index in [4.69, 9.17) is 0 Å². The van der Waals surface area contributed by atoms with Crippen molar-refractivity contribution in [2.45, 2.75) is 89.5 Å².